The van der Waals surface area contributed by atoms with Gasteiger partial charge in [0, 0.05) is 5.39 Å². The molecule has 0 spiro atoms. The van der Waals surface area contributed by atoms with E-state index in [1.165, 1.54) is 31.2 Å². The van der Waals surface area contributed by atoms with Crippen molar-refractivity contribution in [3.8, 4) is 11.5 Å². The summed E-state index contributed by atoms with van der Waals surface area (Å²) in [6, 6.07) is 18.5. The topological polar surface area (TPSA) is 76.7 Å². The van der Waals surface area contributed by atoms with E-state index >= 15 is 0 Å². The first kappa shape index (κ1) is 19.2. The Morgan fingerprint density at radius 3 is 2.46 bits per heavy atom. The molecule has 2 N–H and O–H groups in total. The summed E-state index contributed by atoms with van der Waals surface area (Å²) in [6.45, 7) is 1.25. The Kier molecular flexibility index (Phi) is 6.06. The summed E-state index contributed by atoms with van der Waals surface area (Å²) >= 11 is 0. The lowest BCUT2D eigenvalue weighted by atomic mass is 10.1. The van der Waals surface area contributed by atoms with E-state index in [0.29, 0.717) is 11.5 Å². The molecular formula is C21H19FN2O4. The van der Waals surface area contributed by atoms with Gasteiger partial charge in [-0.25, -0.2) is 4.39 Å². The summed E-state index contributed by atoms with van der Waals surface area (Å²) in [5, 5.41) is 1.89. The average Bonchev–Trinajstić information content (AvgIpc) is 2.72. The number of rotatable bonds is 6. The fourth-order valence-corrected chi connectivity index (χ4v) is 2.50. The molecule has 6 nitrogen and oxygen atoms in total. The zero-order valence-electron chi connectivity index (χ0n) is 15.1. The predicted octanol–water partition coefficient (Wildman–Crippen LogP) is 2.97. The van der Waals surface area contributed by atoms with E-state index in [2.05, 4.69) is 10.9 Å². The Hall–Kier alpha value is -3.61. The molecule has 0 saturated heterocycles. The van der Waals surface area contributed by atoms with Crippen molar-refractivity contribution in [2.75, 3.05) is 6.61 Å². The van der Waals surface area contributed by atoms with Crippen molar-refractivity contribution in [2.24, 2.45) is 0 Å². The van der Waals surface area contributed by atoms with Gasteiger partial charge in [0.1, 0.15) is 17.3 Å². The van der Waals surface area contributed by atoms with E-state index in [-0.39, 0.29) is 6.61 Å². The first-order chi connectivity index (χ1) is 13.5. The van der Waals surface area contributed by atoms with Crippen molar-refractivity contribution in [3.63, 3.8) is 0 Å². The predicted molar refractivity (Wildman–Crippen MR) is 102 cm³/mol. The van der Waals surface area contributed by atoms with Gasteiger partial charge >= 0.3 is 0 Å². The fourth-order valence-electron chi connectivity index (χ4n) is 2.50. The number of benzene rings is 3. The maximum absolute atomic E-state index is 12.9. The van der Waals surface area contributed by atoms with Gasteiger partial charge in [0.15, 0.2) is 12.7 Å². The maximum atomic E-state index is 12.9. The third kappa shape index (κ3) is 4.97. The third-order valence-electron chi connectivity index (χ3n) is 3.93. The maximum Gasteiger partial charge on any atom is 0.279 e. The molecule has 0 aliphatic heterocycles. The molecule has 0 fully saturated rings. The highest BCUT2D eigenvalue weighted by Crippen LogP contribution is 2.24. The fraction of sp³-hybridized carbons (Fsp3) is 0.143. The van der Waals surface area contributed by atoms with Crippen molar-refractivity contribution >= 4 is 22.6 Å². The van der Waals surface area contributed by atoms with Crippen molar-refractivity contribution in [2.45, 2.75) is 13.0 Å². The minimum atomic E-state index is -0.884. The second-order valence-electron chi connectivity index (χ2n) is 6.02. The van der Waals surface area contributed by atoms with Crippen LogP contribution in [0.2, 0.25) is 0 Å². The van der Waals surface area contributed by atoms with Gasteiger partial charge in [-0.1, -0.05) is 36.4 Å². The lowest BCUT2D eigenvalue weighted by molar-refractivity contribution is -0.133. The SMILES string of the molecule is C[C@H](Oc1ccc(F)cc1)C(=O)NNC(=O)COc1cccc2ccccc12. The molecule has 144 valence electrons. The van der Waals surface area contributed by atoms with Crippen LogP contribution in [0.15, 0.2) is 66.7 Å². The van der Waals surface area contributed by atoms with Gasteiger partial charge in [-0.3, -0.25) is 20.4 Å². The normalized spacial score (nSPS) is 11.5. The van der Waals surface area contributed by atoms with Crippen LogP contribution in [0.4, 0.5) is 4.39 Å². The van der Waals surface area contributed by atoms with E-state index in [1.807, 2.05) is 36.4 Å². The molecule has 0 aliphatic rings. The molecule has 0 heterocycles. The number of hydrazine groups is 1. The summed E-state index contributed by atoms with van der Waals surface area (Å²) in [5.41, 5.74) is 4.54. The van der Waals surface area contributed by atoms with Gasteiger partial charge in [0.05, 0.1) is 0 Å². The van der Waals surface area contributed by atoms with E-state index in [4.69, 9.17) is 9.47 Å². The molecule has 2 amide bonds. The Morgan fingerprint density at radius 1 is 0.964 bits per heavy atom. The standard InChI is InChI=1S/C21H19FN2O4/c1-14(28-17-11-9-16(22)10-12-17)21(26)24-23-20(25)13-27-19-8-4-6-15-5-2-3-7-18(15)19/h2-12,14H,13H2,1H3,(H,23,25)(H,24,26)/t14-/m0/s1. The van der Waals surface area contributed by atoms with Crippen LogP contribution < -0.4 is 20.3 Å². The number of ether oxygens (including phenoxy) is 2. The Morgan fingerprint density at radius 2 is 1.68 bits per heavy atom. The van der Waals surface area contributed by atoms with Crippen molar-refractivity contribution in [3.05, 3.63) is 72.5 Å². The second-order valence-corrected chi connectivity index (χ2v) is 6.02. The van der Waals surface area contributed by atoms with Gasteiger partial charge in [0.2, 0.25) is 0 Å². The first-order valence-corrected chi connectivity index (χ1v) is 8.64. The first-order valence-electron chi connectivity index (χ1n) is 8.64. The van der Waals surface area contributed by atoms with Crippen LogP contribution in [0.3, 0.4) is 0 Å². The summed E-state index contributed by atoms with van der Waals surface area (Å²) in [4.78, 5) is 23.9. The lowest BCUT2D eigenvalue weighted by Crippen LogP contribution is -2.48. The molecular weight excluding hydrogens is 363 g/mol. The quantitative estimate of drug-likeness (QED) is 0.643. The molecule has 0 bridgehead atoms. The minimum Gasteiger partial charge on any atom is -0.483 e. The Balaban J connectivity index is 1.47. The summed E-state index contributed by atoms with van der Waals surface area (Å²) in [5.74, 6) is -0.553. The molecule has 3 rings (SSSR count). The van der Waals surface area contributed by atoms with Gasteiger partial charge in [-0.05, 0) is 42.6 Å². The summed E-state index contributed by atoms with van der Waals surface area (Å²) < 4.78 is 23.8. The van der Waals surface area contributed by atoms with Gasteiger partial charge in [-0.15, -0.1) is 0 Å². The zero-order valence-corrected chi connectivity index (χ0v) is 15.1. The molecule has 3 aromatic carbocycles. The molecule has 0 aromatic heterocycles. The minimum absolute atomic E-state index is 0.262. The van der Waals surface area contributed by atoms with Crippen molar-refractivity contribution in [1.82, 2.24) is 10.9 Å². The molecule has 0 aliphatic carbocycles. The molecule has 1 atom stereocenters. The van der Waals surface area contributed by atoms with E-state index in [9.17, 15) is 14.0 Å². The largest absolute Gasteiger partial charge is 0.483 e. The molecule has 0 saturated carbocycles. The molecule has 7 heteroatoms. The van der Waals surface area contributed by atoms with Crippen LogP contribution in [0.5, 0.6) is 11.5 Å². The van der Waals surface area contributed by atoms with Crippen molar-refractivity contribution < 1.29 is 23.5 Å². The van der Waals surface area contributed by atoms with Crippen LogP contribution in [0, 0.1) is 5.82 Å². The van der Waals surface area contributed by atoms with E-state index in [1.54, 1.807) is 6.07 Å². The number of fused-ring (bicyclic) bond motifs is 1. The highest BCUT2D eigenvalue weighted by atomic mass is 19.1. The number of halogens is 1. The Labute approximate surface area is 161 Å². The molecule has 28 heavy (non-hydrogen) atoms. The van der Waals surface area contributed by atoms with Gasteiger partial charge in [0.25, 0.3) is 11.8 Å². The molecule has 3 aromatic rings. The van der Waals surface area contributed by atoms with Crippen molar-refractivity contribution in [1.29, 1.82) is 0 Å². The number of carbonyl (C=O) groups excluding carboxylic acids is 2. The van der Waals surface area contributed by atoms with Gasteiger partial charge < -0.3 is 9.47 Å². The number of nitrogens with one attached hydrogen (secondary N) is 2. The second kappa shape index (κ2) is 8.85. The molecule has 0 unspecified atom stereocenters. The van der Waals surface area contributed by atoms with E-state index in [0.717, 1.165) is 10.8 Å². The lowest BCUT2D eigenvalue weighted by Gasteiger charge is -2.15. The number of amides is 2. The van der Waals surface area contributed by atoms with Gasteiger partial charge in [-0.2, -0.15) is 0 Å². The zero-order chi connectivity index (χ0) is 19.9. The van der Waals surface area contributed by atoms with Crippen LogP contribution in [0.1, 0.15) is 6.92 Å². The summed E-state index contributed by atoms with van der Waals surface area (Å²) in [6.07, 6.45) is -0.884. The average molecular weight is 382 g/mol. The number of hydrogen-bond acceptors (Lipinski definition) is 4. The highest BCUT2D eigenvalue weighted by molar-refractivity contribution is 5.89. The third-order valence-corrected chi connectivity index (χ3v) is 3.93. The van der Waals surface area contributed by atoms with Crippen LogP contribution in [-0.4, -0.2) is 24.5 Å². The van der Waals surface area contributed by atoms with Crippen LogP contribution >= 0.6 is 0 Å². The monoisotopic (exact) mass is 382 g/mol. The molecule has 0 radical (unpaired) electrons. The smallest absolute Gasteiger partial charge is 0.279 e. The van der Waals surface area contributed by atoms with E-state index < -0.39 is 23.7 Å². The number of carbonyl (C=O) groups is 2. The highest BCUT2D eigenvalue weighted by Gasteiger charge is 2.15. The summed E-state index contributed by atoms with van der Waals surface area (Å²) in [7, 11) is 0. The Bertz CT molecular complexity index is 970. The van der Waals surface area contributed by atoms with Crippen LogP contribution in [-0.2, 0) is 9.59 Å². The van der Waals surface area contributed by atoms with Crippen LogP contribution in [0.25, 0.3) is 10.8 Å². The number of hydrogen-bond donors (Lipinski definition) is 2.